The summed E-state index contributed by atoms with van der Waals surface area (Å²) >= 11 is 0. The molecule has 0 unspecified atom stereocenters. The maximum atomic E-state index is 13.4. The number of aromatic nitrogens is 3. The van der Waals surface area contributed by atoms with Gasteiger partial charge in [0.1, 0.15) is 23.2 Å². The van der Waals surface area contributed by atoms with E-state index in [2.05, 4.69) is 15.6 Å². The molecule has 0 bridgehead atoms. The quantitative estimate of drug-likeness (QED) is 0.440. The molecular weight excluding hydrogens is 432 g/mol. The van der Waals surface area contributed by atoms with Gasteiger partial charge in [0.25, 0.3) is 5.56 Å². The van der Waals surface area contributed by atoms with Crippen molar-refractivity contribution in [1.82, 2.24) is 14.9 Å². The van der Waals surface area contributed by atoms with Crippen molar-refractivity contribution in [2.24, 2.45) is 0 Å². The highest BCUT2D eigenvalue weighted by molar-refractivity contribution is 5.96. The van der Waals surface area contributed by atoms with Crippen LogP contribution in [0.2, 0.25) is 0 Å². The van der Waals surface area contributed by atoms with Crippen molar-refractivity contribution in [3.63, 3.8) is 0 Å². The fourth-order valence-electron chi connectivity index (χ4n) is 4.35. The monoisotopic (exact) mass is 460 g/mol. The van der Waals surface area contributed by atoms with Crippen molar-refractivity contribution in [3.05, 3.63) is 69.2 Å². The van der Waals surface area contributed by atoms with E-state index in [-0.39, 0.29) is 11.4 Å². The molecule has 1 amide bonds. The molecule has 2 heterocycles. The van der Waals surface area contributed by atoms with Gasteiger partial charge in [0, 0.05) is 11.3 Å². The predicted octanol–water partition coefficient (Wildman–Crippen LogP) is 4.88. The number of hydrogen-bond donors (Lipinski definition) is 1. The lowest BCUT2D eigenvalue weighted by Gasteiger charge is -2.20. The standard InChI is InChI=1S/C26H28N4O4/c1-7-20(25(31)27-22-15(3)11-14(2)12-16(22)4)30-26(32)24-21(17(5)34-29-24)23(28-30)18-9-8-10-19(13-18)33-6/h8-13,20H,7H2,1-6H3,(H,27,31)/t20-/m1/s1. The van der Waals surface area contributed by atoms with Crippen molar-refractivity contribution < 1.29 is 14.1 Å². The Kier molecular flexibility index (Phi) is 6.24. The number of benzene rings is 2. The van der Waals surface area contributed by atoms with E-state index >= 15 is 0 Å². The second kappa shape index (κ2) is 9.13. The zero-order valence-electron chi connectivity index (χ0n) is 20.2. The molecule has 34 heavy (non-hydrogen) atoms. The van der Waals surface area contributed by atoms with Crippen LogP contribution in [0.1, 0.15) is 41.8 Å². The summed E-state index contributed by atoms with van der Waals surface area (Å²) in [6.07, 6.45) is 0.364. The van der Waals surface area contributed by atoms with E-state index in [4.69, 9.17) is 9.26 Å². The Balaban J connectivity index is 1.85. The third kappa shape index (κ3) is 4.07. The summed E-state index contributed by atoms with van der Waals surface area (Å²) in [5, 5.41) is 12.2. The zero-order valence-corrected chi connectivity index (χ0v) is 20.2. The molecule has 0 aliphatic rings. The molecule has 1 atom stereocenters. The number of anilines is 1. The van der Waals surface area contributed by atoms with Crippen LogP contribution >= 0.6 is 0 Å². The van der Waals surface area contributed by atoms with Gasteiger partial charge in [-0.05, 0) is 57.4 Å². The highest BCUT2D eigenvalue weighted by Crippen LogP contribution is 2.30. The summed E-state index contributed by atoms with van der Waals surface area (Å²) in [5.74, 6) is 0.811. The molecule has 4 rings (SSSR count). The highest BCUT2D eigenvalue weighted by atomic mass is 16.5. The molecule has 8 heteroatoms. The number of fused-ring (bicyclic) bond motifs is 1. The van der Waals surface area contributed by atoms with E-state index in [9.17, 15) is 9.59 Å². The van der Waals surface area contributed by atoms with Crippen LogP contribution in [0, 0.1) is 27.7 Å². The average Bonchev–Trinajstić information content (AvgIpc) is 3.20. The van der Waals surface area contributed by atoms with Gasteiger partial charge in [-0.1, -0.05) is 41.9 Å². The minimum absolute atomic E-state index is 0.138. The van der Waals surface area contributed by atoms with Crippen molar-refractivity contribution in [2.75, 3.05) is 12.4 Å². The van der Waals surface area contributed by atoms with Gasteiger partial charge in [0.15, 0.2) is 5.52 Å². The lowest BCUT2D eigenvalue weighted by atomic mass is 10.0. The summed E-state index contributed by atoms with van der Waals surface area (Å²) < 4.78 is 11.9. The Hall–Kier alpha value is -3.94. The highest BCUT2D eigenvalue weighted by Gasteiger charge is 2.27. The van der Waals surface area contributed by atoms with Crippen LogP contribution in [0.25, 0.3) is 22.2 Å². The molecule has 8 nitrogen and oxygen atoms in total. The number of methoxy groups -OCH3 is 1. The van der Waals surface area contributed by atoms with Crippen molar-refractivity contribution in [3.8, 4) is 17.0 Å². The summed E-state index contributed by atoms with van der Waals surface area (Å²) in [4.78, 5) is 26.8. The largest absolute Gasteiger partial charge is 0.497 e. The molecule has 0 spiro atoms. The predicted molar refractivity (Wildman–Crippen MR) is 131 cm³/mol. The molecule has 0 saturated carbocycles. The maximum absolute atomic E-state index is 13.4. The average molecular weight is 461 g/mol. The topological polar surface area (TPSA) is 99.2 Å². The molecule has 0 radical (unpaired) electrons. The van der Waals surface area contributed by atoms with Gasteiger partial charge in [0.05, 0.1) is 12.5 Å². The number of hydrogen-bond acceptors (Lipinski definition) is 6. The third-order valence-electron chi connectivity index (χ3n) is 5.97. The molecule has 0 fully saturated rings. The van der Waals surface area contributed by atoms with Crippen LogP contribution in [-0.2, 0) is 4.79 Å². The van der Waals surface area contributed by atoms with Crippen molar-refractivity contribution in [1.29, 1.82) is 0 Å². The van der Waals surface area contributed by atoms with Crippen LogP contribution in [0.4, 0.5) is 5.69 Å². The molecule has 0 aliphatic heterocycles. The van der Waals surface area contributed by atoms with E-state index in [1.165, 1.54) is 4.68 Å². The first kappa shape index (κ1) is 23.2. The van der Waals surface area contributed by atoms with Crippen molar-refractivity contribution in [2.45, 2.75) is 47.1 Å². The van der Waals surface area contributed by atoms with E-state index in [0.717, 1.165) is 27.9 Å². The molecule has 2 aromatic carbocycles. The van der Waals surface area contributed by atoms with Gasteiger partial charge < -0.3 is 14.6 Å². The van der Waals surface area contributed by atoms with Gasteiger partial charge in [-0.15, -0.1) is 0 Å². The van der Waals surface area contributed by atoms with Crippen LogP contribution in [0.3, 0.4) is 0 Å². The Morgan fingerprint density at radius 2 is 1.85 bits per heavy atom. The number of aryl methyl sites for hydroxylation is 4. The second-order valence-electron chi connectivity index (χ2n) is 8.48. The lowest BCUT2D eigenvalue weighted by molar-refractivity contribution is -0.119. The number of nitrogens with zero attached hydrogens (tertiary/aromatic N) is 3. The van der Waals surface area contributed by atoms with E-state index in [1.54, 1.807) is 14.0 Å². The van der Waals surface area contributed by atoms with Crippen molar-refractivity contribution >= 4 is 22.5 Å². The molecule has 176 valence electrons. The fourth-order valence-corrected chi connectivity index (χ4v) is 4.35. The molecule has 4 aromatic rings. The third-order valence-corrected chi connectivity index (χ3v) is 5.97. The maximum Gasteiger partial charge on any atom is 0.297 e. The van der Waals surface area contributed by atoms with Crippen LogP contribution in [0.15, 0.2) is 45.7 Å². The Bertz CT molecular complexity index is 1430. The molecular formula is C26H28N4O4. The number of rotatable bonds is 6. The molecule has 1 N–H and O–H groups in total. The first-order chi connectivity index (χ1) is 16.2. The number of carbonyl (C=O) groups is 1. The van der Waals surface area contributed by atoms with E-state index in [0.29, 0.717) is 29.0 Å². The van der Waals surface area contributed by atoms with Gasteiger partial charge in [-0.25, -0.2) is 4.68 Å². The van der Waals surface area contributed by atoms with Gasteiger partial charge in [-0.2, -0.15) is 5.10 Å². The van der Waals surface area contributed by atoms with Gasteiger partial charge in [0.2, 0.25) is 5.91 Å². The second-order valence-corrected chi connectivity index (χ2v) is 8.48. The summed E-state index contributed by atoms with van der Waals surface area (Å²) in [7, 11) is 1.58. The SMILES string of the molecule is CC[C@H](C(=O)Nc1c(C)cc(C)cc1C)n1nc(-c2cccc(OC)c2)c2c(C)onc2c1=O. The van der Waals surface area contributed by atoms with Gasteiger partial charge in [-0.3, -0.25) is 9.59 Å². The summed E-state index contributed by atoms with van der Waals surface area (Å²) in [6, 6.07) is 10.5. The smallest absolute Gasteiger partial charge is 0.297 e. The van der Waals surface area contributed by atoms with Gasteiger partial charge >= 0.3 is 0 Å². The first-order valence-corrected chi connectivity index (χ1v) is 11.2. The van der Waals surface area contributed by atoms with Crippen LogP contribution in [-0.4, -0.2) is 28.0 Å². The number of ether oxygens (including phenoxy) is 1. The van der Waals surface area contributed by atoms with E-state index in [1.807, 2.05) is 64.1 Å². The number of nitrogens with one attached hydrogen (secondary N) is 1. The Labute approximate surface area is 197 Å². The molecule has 2 aromatic heterocycles. The van der Waals surface area contributed by atoms with Crippen LogP contribution in [0.5, 0.6) is 5.75 Å². The minimum atomic E-state index is -0.835. The van der Waals surface area contributed by atoms with E-state index < -0.39 is 11.6 Å². The summed E-state index contributed by atoms with van der Waals surface area (Å²) in [5.41, 5.74) is 4.67. The first-order valence-electron chi connectivity index (χ1n) is 11.2. The Morgan fingerprint density at radius 3 is 2.50 bits per heavy atom. The minimum Gasteiger partial charge on any atom is -0.497 e. The molecule has 0 saturated heterocycles. The molecule has 0 aliphatic carbocycles. The number of carbonyl (C=O) groups excluding carboxylic acids is 1. The normalized spacial score (nSPS) is 12.1. The number of amides is 1. The Morgan fingerprint density at radius 1 is 1.15 bits per heavy atom. The summed E-state index contributed by atoms with van der Waals surface area (Å²) in [6.45, 7) is 9.49. The van der Waals surface area contributed by atoms with Crippen LogP contribution < -0.4 is 15.6 Å². The zero-order chi connectivity index (χ0) is 24.6. The fraction of sp³-hybridized carbons (Fsp3) is 0.308. The lowest BCUT2D eigenvalue weighted by Crippen LogP contribution is -2.35.